The fraction of sp³-hybridized carbons (Fsp3) is 0.308. The van der Waals surface area contributed by atoms with Crippen molar-refractivity contribution >= 4 is 0 Å². The van der Waals surface area contributed by atoms with Crippen molar-refractivity contribution in [2.75, 3.05) is 0 Å². The third-order valence-corrected chi connectivity index (χ3v) is 2.56. The molecule has 2 aromatic heterocycles. The standard InChI is InChI=1S/C13H15NO2/c1-10-4-5-11(9-14-10)13(15)7-6-12-3-2-8-16-12/h2-5,8-9,13,15H,6-7H2,1H3. The van der Waals surface area contributed by atoms with Gasteiger partial charge >= 0.3 is 0 Å². The van der Waals surface area contributed by atoms with E-state index in [0.717, 1.165) is 23.4 Å². The van der Waals surface area contributed by atoms with E-state index in [1.54, 1.807) is 12.5 Å². The van der Waals surface area contributed by atoms with Crippen LogP contribution < -0.4 is 0 Å². The minimum atomic E-state index is -0.474. The fourth-order valence-electron chi connectivity index (χ4n) is 1.58. The molecule has 1 atom stereocenters. The van der Waals surface area contributed by atoms with E-state index in [2.05, 4.69) is 4.98 Å². The zero-order valence-electron chi connectivity index (χ0n) is 9.26. The molecule has 2 heterocycles. The van der Waals surface area contributed by atoms with Gasteiger partial charge in [-0.25, -0.2) is 0 Å². The van der Waals surface area contributed by atoms with Crippen LogP contribution in [0.1, 0.15) is 29.5 Å². The lowest BCUT2D eigenvalue weighted by Gasteiger charge is -2.09. The molecule has 0 aliphatic carbocycles. The molecule has 0 radical (unpaired) electrons. The molecule has 0 bridgehead atoms. The summed E-state index contributed by atoms with van der Waals surface area (Å²) in [4.78, 5) is 4.16. The normalized spacial score (nSPS) is 12.6. The van der Waals surface area contributed by atoms with Gasteiger partial charge < -0.3 is 9.52 Å². The van der Waals surface area contributed by atoms with Crippen LogP contribution in [-0.2, 0) is 6.42 Å². The molecule has 2 rings (SSSR count). The number of hydrogen-bond donors (Lipinski definition) is 1. The highest BCUT2D eigenvalue weighted by Crippen LogP contribution is 2.18. The SMILES string of the molecule is Cc1ccc(C(O)CCc2ccco2)cn1. The first-order valence-corrected chi connectivity index (χ1v) is 5.39. The summed E-state index contributed by atoms with van der Waals surface area (Å²) in [6, 6.07) is 7.59. The lowest BCUT2D eigenvalue weighted by atomic mass is 10.1. The second kappa shape index (κ2) is 4.94. The molecule has 0 fully saturated rings. The maximum atomic E-state index is 9.93. The van der Waals surface area contributed by atoms with Crippen LogP contribution in [0.15, 0.2) is 41.1 Å². The van der Waals surface area contributed by atoms with Gasteiger partial charge in [0.1, 0.15) is 5.76 Å². The van der Waals surface area contributed by atoms with E-state index in [1.165, 1.54) is 0 Å². The van der Waals surface area contributed by atoms with E-state index in [-0.39, 0.29) is 0 Å². The Bertz CT molecular complexity index is 420. The van der Waals surface area contributed by atoms with Gasteiger partial charge in [-0.3, -0.25) is 4.98 Å². The number of furan rings is 1. The molecule has 0 amide bonds. The molecule has 1 N–H and O–H groups in total. The summed E-state index contributed by atoms with van der Waals surface area (Å²) in [5.41, 5.74) is 1.82. The first kappa shape index (κ1) is 10.9. The summed E-state index contributed by atoms with van der Waals surface area (Å²) in [6.45, 7) is 1.93. The molecule has 0 saturated heterocycles. The number of nitrogens with zero attached hydrogens (tertiary/aromatic N) is 1. The Morgan fingerprint density at radius 2 is 2.25 bits per heavy atom. The first-order chi connectivity index (χ1) is 7.75. The van der Waals surface area contributed by atoms with Gasteiger partial charge in [0, 0.05) is 18.3 Å². The summed E-state index contributed by atoms with van der Waals surface area (Å²) in [5.74, 6) is 0.902. The first-order valence-electron chi connectivity index (χ1n) is 5.39. The van der Waals surface area contributed by atoms with Gasteiger partial charge in [0.05, 0.1) is 12.4 Å². The number of aliphatic hydroxyl groups is 1. The van der Waals surface area contributed by atoms with Gasteiger partial charge in [0.2, 0.25) is 0 Å². The van der Waals surface area contributed by atoms with Gasteiger partial charge in [-0.05, 0) is 37.1 Å². The van der Waals surface area contributed by atoms with Crippen molar-refractivity contribution in [1.82, 2.24) is 4.98 Å². The lowest BCUT2D eigenvalue weighted by molar-refractivity contribution is 0.165. The van der Waals surface area contributed by atoms with Crippen molar-refractivity contribution in [3.8, 4) is 0 Å². The topological polar surface area (TPSA) is 46.3 Å². The van der Waals surface area contributed by atoms with E-state index in [0.29, 0.717) is 6.42 Å². The van der Waals surface area contributed by atoms with Crippen LogP contribution in [0, 0.1) is 6.92 Å². The smallest absolute Gasteiger partial charge is 0.103 e. The van der Waals surface area contributed by atoms with E-state index in [1.807, 2.05) is 31.2 Å². The maximum absolute atomic E-state index is 9.93. The van der Waals surface area contributed by atoms with Crippen LogP contribution in [0.2, 0.25) is 0 Å². The number of aliphatic hydroxyl groups excluding tert-OH is 1. The largest absolute Gasteiger partial charge is 0.469 e. The van der Waals surface area contributed by atoms with Gasteiger partial charge in [-0.1, -0.05) is 6.07 Å². The highest BCUT2D eigenvalue weighted by molar-refractivity contribution is 5.15. The van der Waals surface area contributed by atoms with Crippen LogP contribution >= 0.6 is 0 Å². The predicted molar refractivity (Wildman–Crippen MR) is 61.0 cm³/mol. The Labute approximate surface area is 94.8 Å². The molecule has 0 saturated carbocycles. The van der Waals surface area contributed by atoms with E-state index in [9.17, 15) is 5.11 Å². The highest BCUT2D eigenvalue weighted by atomic mass is 16.3. The highest BCUT2D eigenvalue weighted by Gasteiger charge is 2.08. The molecule has 84 valence electrons. The summed E-state index contributed by atoms with van der Waals surface area (Å²) in [6.07, 6.45) is 4.29. The molecule has 3 nitrogen and oxygen atoms in total. The number of aromatic nitrogens is 1. The molecule has 16 heavy (non-hydrogen) atoms. The van der Waals surface area contributed by atoms with Crippen molar-refractivity contribution < 1.29 is 9.52 Å². The minimum absolute atomic E-state index is 0.474. The predicted octanol–water partition coefficient (Wildman–Crippen LogP) is 2.65. The minimum Gasteiger partial charge on any atom is -0.469 e. The number of aryl methyl sites for hydroxylation is 2. The third-order valence-electron chi connectivity index (χ3n) is 2.56. The summed E-state index contributed by atoms with van der Waals surface area (Å²) >= 11 is 0. The number of hydrogen-bond acceptors (Lipinski definition) is 3. The molecule has 0 aliphatic rings. The van der Waals surface area contributed by atoms with Crippen LogP contribution in [0.3, 0.4) is 0 Å². The molecule has 0 spiro atoms. The van der Waals surface area contributed by atoms with E-state index < -0.39 is 6.10 Å². The Kier molecular flexibility index (Phi) is 3.37. The molecule has 0 aliphatic heterocycles. The fourth-order valence-corrected chi connectivity index (χ4v) is 1.58. The lowest BCUT2D eigenvalue weighted by Crippen LogP contribution is -2.00. The Morgan fingerprint density at radius 3 is 2.88 bits per heavy atom. The Hall–Kier alpha value is -1.61. The molecule has 0 aromatic carbocycles. The maximum Gasteiger partial charge on any atom is 0.103 e. The zero-order valence-corrected chi connectivity index (χ0v) is 9.26. The monoisotopic (exact) mass is 217 g/mol. The number of pyridine rings is 1. The third kappa shape index (κ3) is 2.70. The second-order valence-corrected chi connectivity index (χ2v) is 3.87. The molecular formula is C13H15NO2. The molecule has 1 unspecified atom stereocenters. The zero-order chi connectivity index (χ0) is 11.4. The van der Waals surface area contributed by atoms with Gasteiger partial charge in [-0.2, -0.15) is 0 Å². The number of rotatable bonds is 4. The molecular weight excluding hydrogens is 202 g/mol. The van der Waals surface area contributed by atoms with E-state index >= 15 is 0 Å². The van der Waals surface area contributed by atoms with Crippen LogP contribution in [0.5, 0.6) is 0 Å². The average molecular weight is 217 g/mol. The second-order valence-electron chi connectivity index (χ2n) is 3.87. The van der Waals surface area contributed by atoms with Crippen LogP contribution in [-0.4, -0.2) is 10.1 Å². The summed E-state index contributed by atoms with van der Waals surface area (Å²) < 4.78 is 5.21. The Morgan fingerprint density at radius 1 is 1.38 bits per heavy atom. The van der Waals surface area contributed by atoms with Crippen molar-refractivity contribution in [3.63, 3.8) is 0 Å². The van der Waals surface area contributed by atoms with Crippen molar-refractivity contribution in [2.45, 2.75) is 25.9 Å². The van der Waals surface area contributed by atoms with Crippen molar-refractivity contribution in [1.29, 1.82) is 0 Å². The molecule has 3 heteroatoms. The quantitative estimate of drug-likeness (QED) is 0.856. The van der Waals surface area contributed by atoms with Crippen molar-refractivity contribution in [3.05, 3.63) is 53.7 Å². The summed E-state index contributed by atoms with van der Waals surface area (Å²) in [7, 11) is 0. The van der Waals surface area contributed by atoms with Crippen LogP contribution in [0.25, 0.3) is 0 Å². The molecule has 2 aromatic rings. The Balaban J connectivity index is 1.93. The van der Waals surface area contributed by atoms with Gasteiger partial charge in [0.15, 0.2) is 0 Å². The summed E-state index contributed by atoms with van der Waals surface area (Å²) in [5, 5.41) is 9.93. The van der Waals surface area contributed by atoms with Crippen LogP contribution in [0.4, 0.5) is 0 Å². The van der Waals surface area contributed by atoms with Gasteiger partial charge in [0.25, 0.3) is 0 Å². The van der Waals surface area contributed by atoms with E-state index in [4.69, 9.17) is 4.42 Å². The van der Waals surface area contributed by atoms with Gasteiger partial charge in [-0.15, -0.1) is 0 Å². The average Bonchev–Trinajstić information content (AvgIpc) is 2.80. The van der Waals surface area contributed by atoms with Crippen molar-refractivity contribution in [2.24, 2.45) is 0 Å².